The number of para-hydroxylation sites is 1. The molecule has 2 aromatic carbocycles. The molecule has 2 fully saturated rings. The highest BCUT2D eigenvalue weighted by atomic mass is 16.5. The van der Waals surface area contributed by atoms with Crippen LogP contribution in [0.4, 0.5) is 11.5 Å². The number of H-pyrrole nitrogens is 1. The number of fused-ring (bicyclic) bond motifs is 1. The Labute approximate surface area is 210 Å². The number of likely N-dealkylation sites (tertiary alicyclic amines) is 1. The summed E-state index contributed by atoms with van der Waals surface area (Å²) in [7, 11) is 1.61. The number of carbonyl (C=O) groups is 1. The Hall–Kier alpha value is -3.91. The van der Waals surface area contributed by atoms with Crippen LogP contribution in [0.5, 0.6) is 5.75 Å². The van der Waals surface area contributed by atoms with E-state index in [4.69, 9.17) is 9.72 Å². The van der Waals surface area contributed by atoms with Gasteiger partial charge in [0.15, 0.2) is 0 Å². The number of benzene rings is 2. The molecule has 4 aromatic rings. The van der Waals surface area contributed by atoms with Crippen molar-refractivity contribution in [1.29, 1.82) is 0 Å². The molecule has 1 unspecified atom stereocenters. The smallest absolute Gasteiger partial charge is 0.254 e. The number of anilines is 2. The molecule has 8 heteroatoms. The zero-order valence-corrected chi connectivity index (χ0v) is 20.4. The highest BCUT2D eigenvalue weighted by molar-refractivity contribution is 5.95. The van der Waals surface area contributed by atoms with Gasteiger partial charge in [-0.1, -0.05) is 18.2 Å². The van der Waals surface area contributed by atoms with E-state index >= 15 is 0 Å². The van der Waals surface area contributed by atoms with Crippen molar-refractivity contribution < 1.29 is 9.53 Å². The van der Waals surface area contributed by atoms with Gasteiger partial charge in [-0.15, -0.1) is 0 Å². The minimum atomic E-state index is 0.0582. The fraction of sp³-hybridized carbons (Fsp3) is 0.321. The first-order chi connectivity index (χ1) is 17.6. The third kappa shape index (κ3) is 4.28. The maximum absolute atomic E-state index is 13.3. The molecule has 0 saturated carbocycles. The van der Waals surface area contributed by atoms with E-state index in [0.29, 0.717) is 17.1 Å². The summed E-state index contributed by atoms with van der Waals surface area (Å²) in [6.45, 7) is 3.70. The van der Waals surface area contributed by atoms with Gasteiger partial charge in [0.2, 0.25) is 0 Å². The summed E-state index contributed by atoms with van der Waals surface area (Å²) in [5, 5.41) is 7.93. The van der Waals surface area contributed by atoms with Crippen LogP contribution in [-0.4, -0.2) is 59.0 Å². The number of amides is 1. The van der Waals surface area contributed by atoms with Crippen LogP contribution in [0.2, 0.25) is 0 Å². The lowest BCUT2D eigenvalue weighted by molar-refractivity contribution is 0.0764. The largest absolute Gasteiger partial charge is 0.495 e. The number of rotatable bonds is 5. The number of carbonyl (C=O) groups excluding carboxylic acids is 1. The van der Waals surface area contributed by atoms with Crippen molar-refractivity contribution in [2.45, 2.75) is 19.3 Å². The molecule has 0 bridgehead atoms. The van der Waals surface area contributed by atoms with E-state index in [1.165, 1.54) is 12.8 Å². The number of aromatic nitrogens is 3. The minimum Gasteiger partial charge on any atom is -0.495 e. The second-order valence-corrected chi connectivity index (χ2v) is 9.86. The quantitative estimate of drug-likeness (QED) is 0.385. The number of nitrogens with zero attached hydrogens (tertiary/aromatic N) is 3. The van der Waals surface area contributed by atoms with Crippen molar-refractivity contribution in [3.05, 3.63) is 66.5 Å². The Balaban J connectivity index is 1.20. The second-order valence-electron chi connectivity index (χ2n) is 9.86. The van der Waals surface area contributed by atoms with Crippen LogP contribution in [0.15, 0.2) is 60.9 Å². The van der Waals surface area contributed by atoms with Gasteiger partial charge in [0, 0.05) is 41.5 Å². The van der Waals surface area contributed by atoms with Gasteiger partial charge in [-0.25, -0.2) is 4.98 Å². The number of methoxy groups -OCH3 is 1. The van der Waals surface area contributed by atoms with Gasteiger partial charge in [0.05, 0.1) is 30.9 Å². The zero-order valence-electron chi connectivity index (χ0n) is 20.4. The Kier molecular flexibility index (Phi) is 5.81. The molecule has 1 atom stereocenters. The van der Waals surface area contributed by atoms with Gasteiger partial charge in [-0.05, 0) is 56.1 Å². The third-order valence-electron chi connectivity index (χ3n) is 7.44. The molecular formula is C28H30N6O2. The number of ether oxygens (including phenoxy) is 1. The average molecular weight is 483 g/mol. The number of hydrogen-bond donors (Lipinski definition) is 3. The summed E-state index contributed by atoms with van der Waals surface area (Å²) >= 11 is 0. The van der Waals surface area contributed by atoms with Gasteiger partial charge in [-0.3, -0.25) is 9.78 Å². The Morgan fingerprint density at radius 3 is 2.89 bits per heavy atom. The van der Waals surface area contributed by atoms with E-state index in [9.17, 15) is 4.79 Å². The molecule has 0 aliphatic carbocycles. The summed E-state index contributed by atoms with van der Waals surface area (Å²) in [5.41, 5.74) is 4.29. The van der Waals surface area contributed by atoms with Crippen molar-refractivity contribution in [3.8, 4) is 17.1 Å². The number of piperidine rings is 1. The average Bonchev–Trinajstić information content (AvgIpc) is 3.54. The maximum Gasteiger partial charge on any atom is 0.254 e. The van der Waals surface area contributed by atoms with Crippen molar-refractivity contribution in [3.63, 3.8) is 0 Å². The summed E-state index contributed by atoms with van der Waals surface area (Å²) in [6.07, 6.45) is 6.84. The zero-order chi connectivity index (χ0) is 24.5. The Morgan fingerprint density at radius 2 is 2.06 bits per heavy atom. The first-order valence-corrected chi connectivity index (χ1v) is 12.5. The van der Waals surface area contributed by atoms with Crippen LogP contribution in [0, 0.1) is 5.41 Å². The Bertz CT molecular complexity index is 1380. The van der Waals surface area contributed by atoms with Gasteiger partial charge >= 0.3 is 0 Å². The summed E-state index contributed by atoms with van der Waals surface area (Å²) < 4.78 is 5.64. The third-order valence-corrected chi connectivity index (χ3v) is 7.44. The molecule has 1 spiro atoms. The topological polar surface area (TPSA) is 95.2 Å². The normalized spacial score (nSPS) is 19.6. The van der Waals surface area contributed by atoms with Crippen molar-refractivity contribution in [2.75, 3.05) is 38.6 Å². The van der Waals surface area contributed by atoms with Gasteiger partial charge in [0.1, 0.15) is 17.3 Å². The van der Waals surface area contributed by atoms with Crippen LogP contribution in [0.3, 0.4) is 0 Å². The summed E-state index contributed by atoms with van der Waals surface area (Å²) in [5.74, 6) is 1.24. The molecule has 4 heterocycles. The molecule has 36 heavy (non-hydrogen) atoms. The van der Waals surface area contributed by atoms with E-state index in [1.54, 1.807) is 19.5 Å². The number of hydrogen-bond acceptors (Lipinski definition) is 6. The molecule has 0 radical (unpaired) electrons. The van der Waals surface area contributed by atoms with Gasteiger partial charge < -0.3 is 25.3 Å². The molecule has 1 amide bonds. The van der Waals surface area contributed by atoms with Crippen LogP contribution in [0.25, 0.3) is 22.3 Å². The van der Waals surface area contributed by atoms with Crippen LogP contribution < -0.4 is 15.4 Å². The van der Waals surface area contributed by atoms with Crippen molar-refractivity contribution in [2.24, 2.45) is 5.41 Å². The van der Waals surface area contributed by atoms with Crippen LogP contribution >= 0.6 is 0 Å². The first-order valence-electron chi connectivity index (χ1n) is 12.5. The van der Waals surface area contributed by atoms with Crippen molar-refractivity contribution >= 4 is 28.3 Å². The van der Waals surface area contributed by atoms with E-state index < -0.39 is 0 Å². The Morgan fingerprint density at radius 1 is 1.14 bits per heavy atom. The monoisotopic (exact) mass is 482 g/mol. The maximum atomic E-state index is 13.3. The first kappa shape index (κ1) is 22.5. The van der Waals surface area contributed by atoms with E-state index in [2.05, 4.69) is 32.7 Å². The molecular weight excluding hydrogens is 452 g/mol. The summed E-state index contributed by atoms with van der Waals surface area (Å²) in [4.78, 5) is 27.8. The standard InChI is InChI=1S/C28H30N6O2/c1-36-25-14-20(27(35)34-12-10-28(18-34)9-4-11-29-17-28)7-8-22(25)32-26-16-30-15-24(33-26)23-13-19-5-2-3-6-21(19)31-23/h2-3,5-8,13-16,29,31H,4,9-12,17-18H2,1H3,(H,32,33). The predicted octanol–water partition coefficient (Wildman–Crippen LogP) is 4.59. The number of nitrogens with one attached hydrogen (secondary N) is 3. The van der Waals surface area contributed by atoms with Crippen molar-refractivity contribution in [1.82, 2.24) is 25.2 Å². The number of aromatic amines is 1. The molecule has 6 rings (SSSR count). The van der Waals surface area contributed by atoms with E-state index in [-0.39, 0.29) is 11.3 Å². The highest BCUT2D eigenvalue weighted by Crippen LogP contribution is 2.37. The molecule has 2 aromatic heterocycles. The predicted molar refractivity (Wildman–Crippen MR) is 141 cm³/mol. The van der Waals surface area contributed by atoms with Gasteiger partial charge in [0.25, 0.3) is 5.91 Å². The lowest BCUT2D eigenvalue weighted by Gasteiger charge is -2.33. The highest BCUT2D eigenvalue weighted by Gasteiger charge is 2.40. The van der Waals surface area contributed by atoms with Crippen LogP contribution in [-0.2, 0) is 0 Å². The van der Waals surface area contributed by atoms with Crippen LogP contribution in [0.1, 0.15) is 29.6 Å². The minimum absolute atomic E-state index is 0.0582. The molecule has 2 saturated heterocycles. The van der Waals surface area contributed by atoms with E-state index in [0.717, 1.165) is 60.6 Å². The lowest BCUT2D eigenvalue weighted by atomic mass is 9.80. The SMILES string of the molecule is COc1cc(C(=O)N2CCC3(CCCNC3)C2)ccc1Nc1cncc(-c2cc3ccccc3[nH]2)n1. The molecule has 3 N–H and O–H groups in total. The fourth-order valence-electron chi connectivity index (χ4n) is 5.50. The molecule has 184 valence electrons. The lowest BCUT2D eigenvalue weighted by Crippen LogP contribution is -2.42. The van der Waals surface area contributed by atoms with E-state index in [1.807, 2.05) is 41.3 Å². The molecule has 2 aliphatic heterocycles. The molecule has 2 aliphatic rings. The summed E-state index contributed by atoms with van der Waals surface area (Å²) in [6, 6.07) is 15.7. The second kappa shape index (κ2) is 9.28. The molecule has 8 nitrogen and oxygen atoms in total. The fourth-order valence-corrected chi connectivity index (χ4v) is 5.50. The van der Waals surface area contributed by atoms with Gasteiger partial charge in [-0.2, -0.15) is 0 Å².